The molecule has 0 saturated heterocycles. The largest absolute Gasteiger partial charge is 0.444 e. The maximum Gasteiger partial charge on any atom is 0.407 e. The van der Waals surface area contributed by atoms with Crippen molar-refractivity contribution in [2.75, 3.05) is 6.54 Å². The van der Waals surface area contributed by atoms with Gasteiger partial charge in [-0.15, -0.1) is 0 Å². The van der Waals surface area contributed by atoms with Crippen molar-refractivity contribution in [1.82, 2.24) is 10.6 Å². The van der Waals surface area contributed by atoms with Crippen LogP contribution in [0.5, 0.6) is 0 Å². The van der Waals surface area contributed by atoms with Crippen molar-refractivity contribution < 1.29 is 14.3 Å². The third kappa shape index (κ3) is 5.56. The Bertz CT molecular complexity index is 383. The number of amides is 2. The van der Waals surface area contributed by atoms with Crippen molar-refractivity contribution >= 4 is 12.0 Å². The topological polar surface area (TPSA) is 67.4 Å². The molecule has 1 rings (SSSR count). The molecule has 0 spiro atoms. The first-order valence-corrected chi connectivity index (χ1v) is 7.82. The molecule has 0 aromatic rings. The number of carbonyl (C=O) groups is 2. The van der Waals surface area contributed by atoms with Gasteiger partial charge in [0.1, 0.15) is 5.60 Å². The maximum absolute atomic E-state index is 12.2. The van der Waals surface area contributed by atoms with E-state index in [-0.39, 0.29) is 17.7 Å². The van der Waals surface area contributed by atoms with Crippen molar-refractivity contribution in [3.05, 3.63) is 0 Å². The van der Waals surface area contributed by atoms with Gasteiger partial charge in [-0.25, -0.2) is 4.79 Å². The van der Waals surface area contributed by atoms with Gasteiger partial charge in [-0.05, 0) is 46.5 Å². The zero-order valence-corrected chi connectivity index (χ0v) is 14.2. The molecule has 2 amide bonds. The van der Waals surface area contributed by atoms with Gasteiger partial charge in [-0.1, -0.05) is 20.3 Å². The summed E-state index contributed by atoms with van der Waals surface area (Å²) in [5.74, 6) is 0.449. The van der Waals surface area contributed by atoms with Crippen LogP contribution in [0.25, 0.3) is 0 Å². The van der Waals surface area contributed by atoms with Crippen LogP contribution in [0.3, 0.4) is 0 Å². The molecule has 1 aliphatic carbocycles. The summed E-state index contributed by atoms with van der Waals surface area (Å²) in [5.41, 5.74) is -0.989. The van der Waals surface area contributed by atoms with E-state index in [2.05, 4.69) is 10.6 Å². The average Bonchev–Trinajstić information content (AvgIpc) is 2.21. The fourth-order valence-corrected chi connectivity index (χ4v) is 2.02. The third-order valence-corrected chi connectivity index (χ3v) is 4.16. The molecular weight excluding hydrogens is 268 g/mol. The summed E-state index contributed by atoms with van der Waals surface area (Å²) in [6.07, 6.45) is 2.62. The minimum Gasteiger partial charge on any atom is -0.444 e. The second-order valence-corrected chi connectivity index (χ2v) is 7.54. The summed E-state index contributed by atoms with van der Waals surface area (Å²) in [6.45, 7) is 11.9. The van der Waals surface area contributed by atoms with Crippen molar-refractivity contribution in [3.63, 3.8) is 0 Å². The lowest BCUT2D eigenvalue weighted by Gasteiger charge is -2.38. The zero-order valence-electron chi connectivity index (χ0n) is 14.2. The Balaban J connectivity index is 2.55. The van der Waals surface area contributed by atoms with Crippen LogP contribution in [-0.2, 0) is 9.53 Å². The molecule has 0 aromatic heterocycles. The Morgan fingerprint density at radius 2 is 1.76 bits per heavy atom. The van der Waals surface area contributed by atoms with Crippen molar-refractivity contribution in [2.45, 2.75) is 71.9 Å². The molecule has 0 heterocycles. The molecule has 0 aromatic carbocycles. The molecule has 0 aliphatic heterocycles. The van der Waals surface area contributed by atoms with Crippen LogP contribution in [0.1, 0.15) is 60.8 Å². The lowest BCUT2D eigenvalue weighted by molar-refractivity contribution is -0.129. The third-order valence-electron chi connectivity index (χ3n) is 4.16. The Labute approximate surface area is 128 Å². The monoisotopic (exact) mass is 298 g/mol. The summed E-state index contributed by atoms with van der Waals surface area (Å²) >= 11 is 0. The quantitative estimate of drug-likeness (QED) is 0.820. The number of hydrogen-bond donors (Lipinski definition) is 2. The van der Waals surface area contributed by atoms with Crippen LogP contribution in [0, 0.1) is 11.8 Å². The van der Waals surface area contributed by atoms with E-state index in [0.717, 1.165) is 19.3 Å². The fraction of sp³-hybridized carbons (Fsp3) is 0.875. The van der Waals surface area contributed by atoms with Crippen LogP contribution in [0.15, 0.2) is 0 Å². The molecule has 2 N–H and O–H groups in total. The average molecular weight is 298 g/mol. The van der Waals surface area contributed by atoms with E-state index in [4.69, 9.17) is 4.74 Å². The summed E-state index contributed by atoms with van der Waals surface area (Å²) in [7, 11) is 0. The molecular formula is C16H30N2O3. The highest BCUT2D eigenvalue weighted by Crippen LogP contribution is 2.28. The van der Waals surface area contributed by atoms with Gasteiger partial charge in [-0.2, -0.15) is 0 Å². The van der Waals surface area contributed by atoms with Gasteiger partial charge >= 0.3 is 6.09 Å². The van der Waals surface area contributed by atoms with E-state index in [1.807, 2.05) is 41.5 Å². The zero-order chi connectivity index (χ0) is 16.3. The maximum atomic E-state index is 12.2. The van der Waals surface area contributed by atoms with E-state index >= 15 is 0 Å². The molecule has 5 heteroatoms. The Hall–Kier alpha value is -1.26. The minimum atomic E-state index is -0.520. The summed E-state index contributed by atoms with van der Waals surface area (Å²) in [5, 5.41) is 5.87. The van der Waals surface area contributed by atoms with Gasteiger partial charge in [0, 0.05) is 12.5 Å². The second kappa shape index (κ2) is 6.67. The van der Waals surface area contributed by atoms with Gasteiger partial charge in [0.25, 0.3) is 0 Å². The minimum absolute atomic E-state index is 0.100. The first kappa shape index (κ1) is 17.8. The van der Waals surface area contributed by atoms with Crippen LogP contribution in [-0.4, -0.2) is 29.7 Å². The number of alkyl carbamates (subject to hydrolysis) is 1. The van der Waals surface area contributed by atoms with Crippen molar-refractivity contribution in [1.29, 1.82) is 0 Å². The summed E-state index contributed by atoms with van der Waals surface area (Å²) < 4.78 is 5.23. The standard InChI is InChI=1S/C16H30N2O3/c1-11(2)16(6,18-13(19)12-8-7-9-12)10-17-14(20)21-15(3,4)5/h11-12H,7-10H2,1-6H3,(H,17,20)(H,18,19). The molecule has 21 heavy (non-hydrogen) atoms. The number of nitrogens with one attached hydrogen (secondary N) is 2. The molecule has 0 radical (unpaired) electrons. The van der Waals surface area contributed by atoms with Crippen molar-refractivity contribution in [2.24, 2.45) is 11.8 Å². The highest BCUT2D eigenvalue weighted by Gasteiger charge is 2.35. The van der Waals surface area contributed by atoms with E-state index < -0.39 is 17.2 Å². The lowest BCUT2D eigenvalue weighted by atomic mass is 9.82. The lowest BCUT2D eigenvalue weighted by Crippen LogP contribution is -2.58. The van der Waals surface area contributed by atoms with E-state index in [9.17, 15) is 9.59 Å². The predicted molar refractivity (Wildman–Crippen MR) is 83.0 cm³/mol. The van der Waals surface area contributed by atoms with E-state index in [1.165, 1.54) is 0 Å². The number of hydrogen-bond acceptors (Lipinski definition) is 3. The first-order chi connectivity index (χ1) is 9.53. The van der Waals surface area contributed by atoms with Crippen LogP contribution < -0.4 is 10.6 Å². The van der Waals surface area contributed by atoms with Crippen molar-refractivity contribution in [3.8, 4) is 0 Å². The van der Waals surface area contributed by atoms with Crippen LogP contribution in [0.4, 0.5) is 4.79 Å². The smallest absolute Gasteiger partial charge is 0.407 e. The number of ether oxygens (including phenoxy) is 1. The Morgan fingerprint density at radius 3 is 2.14 bits per heavy atom. The van der Waals surface area contributed by atoms with Gasteiger partial charge in [-0.3, -0.25) is 4.79 Å². The number of carbonyl (C=O) groups excluding carboxylic acids is 2. The molecule has 1 unspecified atom stereocenters. The summed E-state index contributed by atoms with van der Waals surface area (Å²) in [6, 6.07) is 0. The van der Waals surface area contributed by atoms with Gasteiger partial charge in [0.2, 0.25) is 5.91 Å². The predicted octanol–water partition coefficient (Wildman–Crippen LogP) is 2.84. The molecule has 0 bridgehead atoms. The van der Waals surface area contributed by atoms with Gasteiger partial charge in [0.05, 0.1) is 5.54 Å². The van der Waals surface area contributed by atoms with Crippen LogP contribution in [0.2, 0.25) is 0 Å². The molecule has 1 saturated carbocycles. The van der Waals surface area contributed by atoms with E-state index in [1.54, 1.807) is 0 Å². The molecule has 5 nitrogen and oxygen atoms in total. The Morgan fingerprint density at radius 1 is 1.19 bits per heavy atom. The second-order valence-electron chi connectivity index (χ2n) is 7.54. The van der Waals surface area contributed by atoms with Gasteiger partial charge in [0.15, 0.2) is 0 Å². The highest BCUT2D eigenvalue weighted by molar-refractivity contribution is 5.80. The fourth-order valence-electron chi connectivity index (χ4n) is 2.02. The SMILES string of the molecule is CC(C)C(C)(CNC(=O)OC(C)(C)C)NC(=O)C1CCC1. The molecule has 1 fully saturated rings. The number of rotatable bonds is 5. The summed E-state index contributed by atoms with van der Waals surface area (Å²) in [4.78, 5) is 23.9. The molecule has 122 valence electrons. The normalized spacial score (nSPS) is 18.6. The highest BCUT2D eigenvalue weighted by atomic mass is 16.6. The van der Waals surface area contributed by atoms with Gasteiger partial charge < -0.3 is 15.4 Å². The first-order valence-electron chi connectivity index (χ1n) is 7.82. The van der Waals surface area contributed by atoms with E-state index in [0.29, 0.717) is 6.54 Å². The Kier molecular flexibility index (Phi) is 5.65. The molecule has 1 aliphatic rings. The molecule has 1 atom stereocenters. The van der Waals surface area contributed by atoms with Crippen LogP contribution >= 0.6 is 0 Å².